The standard InChI is InChI=1S/2C4H8N2O2.CH3.Co.H2O/c2*1-3(5-7)4(2)6-8;;;/h2*7-8H,1-2H3;1H3;;1H2/q;;-1;;/b5-3+,6-4+;5-3-,6-4+;;;. The Morgan fingerprint density at radius 1 is 0.579 bits per heavy atom. The zero-order chi connectivity index (χ0) is 13.1. The van der Waals surface area contributed by atoms with Crippen molar-refractivity contribution < 1.29 is 43.1 Å². The second kappa shape index (κ2) is 18.7. The van der Waals surface area contributed by atoms with Crippen LogP contribution in [0, 0.1) is 7.43 Å². The van der Waals surface area contributed by atoms with Crippen LogP contribution in [-0.2, 0) is 16.8 Å². The van der Waals surface area contributed by atoms with Gasteiger partial charge in [-0.15, -0.1) is 0 Å². The van der Waals surface area contributed by atoms with E-state index in [-0.39, 0.29) is 29.7 Å². The fourth-order valence-electron chi connectivity index (χ4n) is 0.289. The number of hydrogen-bond acceptors (Lipinski definition) is 8. The quantitative estimate of drug-likeness (QED) is 0.258. The summed E-state index contributed by atoms with van der Waals surface area (Å²) in [4.78, 5) is 0. The Morgan fingerprint density at radius 3 is 0.737 bits per heavy atom. The Labute approximate surface area is 122 Å². The van der Waals surface area contributed by atoms with Crippen molar-refractivity contribution in [2.45, 2.75) is 27.7 Å². The van der Waals surface area contributed by atoms with Gasteiger partial charge in [-0.2, -0.15) is 0 Å². The van der Waals surface area contributed by atoms with E-state index < -0.39 is 0 Å². The summed E-state index contributed by atoms with van der Waals surface area (Å²) in [5.41, 5.74) is 1.25. The van der Waals surface area contributed by atoms with Crippen LogP contribution in [0.3, 0.4) is 0 Å². The van der Waals surface area contributed by atoms with Crippen LogP contribution < -0.4 is 0 Å². The Kier molecular flexibility index (Phi) is 29.9. The summed E-state index contributed by atoms with van der Waals surface area (Å²) in [7, 11) is 0. The van der Waals surface area contributed by atoms with Crippen molar-refractivity contribution >= 4 is 22.8 Å². The Hall–Kier alpha value is -1.65. The molecule has 19 heavy (non-hydrogen) atoms. The van der Waals surface area contributed by atoms with Gasteiger partial charge in [0.1, 0.15) is 22.8 Å². The maximum atomic E-state index is 8.03. The van der Waals surface area contributed by atoms with E-state index in [0.717, 1.165) is 0 Å². The molecule has 0 fully saturated rings. The van der Waals surface area contributed by atoms with Crippen LogP contribution in [0.5, 0.6) is 0 Å². The van der Waals surface area contributed by atoms with Crippen LogP contribution in [0.25, 0.3) is 0 Å². The fourth-order valence-corrected chi connectivity index (χ4v) is 0.289. The molecule has 0 aliphatic heterocycles. The molecule has 0 unspecified atom stereocenters. The normalized spacial score (nSPS) is 12.0. The Balaban J connectivity index is -0.0000000594. The molecule has 0 bridgehead atoms. The first-order chi connectivity index (χ1) is 7.44. The summed E-state index contributed by atoms with van der Waals surface area (Å²) < 4.78 is 0. The van der Waals surface area contributed by atoms with Crippen LogP contribution in [0.1, 0.15) is 27.7 Å². The number of hydrogen-bond donors (Lipinski definition) is 4. The maximum Gasteiger partial charge on any atom is 0.101 e. The van der Waals surface area contributed by atoms with Crippen molar-refractivity contribution in [2.75, 3.05) is 0 Å². The Morgan fingerprint density at radius 2 is 0.684 bits per heavy atom. The smallest absolute Gasteiger partial charge is 0.101 e. The molecule has 0 spiro atoms. The summed E-state index contributed by atoms with van der Waals surface area (Å²) in [6.45, 7) is 6.15. The summed E-state index contributed by atoms with van der Waals surface area (Å²) in [6.07, 6.45) is 0. The minimum Gasteiger partial charge on any atom is -0.412 e. The second-order valence-electron chi connectivity index (χ2n) is 2.74. The van der Waals surface area contributed by atoms with Gasteiger partial charge in [-0.25, -0.2) is 0 Å². The van der Waals surface area contributed by atoms with Gasteiger partial charge in [0.2, 0.25) is 0 Å². The molecule has 10 heteroatoms. The SMILES string of the molecule is CC(=N/O)/C(C)=N/O.CC(=N\O)/C(C)=N/O.O.[CH3-].[Co]. The van der Waals surface area contributed by atoms with Gasteiger partial charge < -0.3 is 33.7 Å². The molecular weight excluding hydrogens is 303 g/mol. The van der Waals surface area contributed by atoms with Crippen LogP contribution in [0.2, 0.25) is 0 Å². The van der Waals surface area contributed by atoms with E-state index in [9.17, 15) is 0 Å². The molecule has 6 N–H and O–H groups in total. The maximum absolute atomic E-state index is 8.03. The zero-order valence-corrected chi connectivity index (χ0v) is 12.5. The van der Waals surface area contributed by atoms with Gasteiger partial charge in [-0.3, -0.25) is 0 Å². The van der Waals surface area contributed by atoms with Crippen molar-refractivity contribution in [1.82, 2.24) is 0 Å². The Bertz CT molecular complexity index is 265. The topological polar surface area (TPSA) is 162 Å². The van der Waals surface area contributed by atoms with E-state index >= 15 is 0 Å². The first-order valence-electron chi connectivity index (χ1n) is 4.19. The molecule has 117 valence electrons. The van der Waals surface area contributed by atoms with Crippen molar-refractivity contribution in [2.24, 2.45) is 20.6 Å². The number of rotatable bonds is 2. The van der Waals surface area contributed by atoms with E-state index in [1.165, 1.54) is 27.7 Å². The summed E-state index contributed by atoms with van der Waals surface area (Å²) in [6, 6.07) is 0. The van der Waals surface area contributed by atoms with Gasteiger partial charge in [0.25, 0.3) is 0 Å². The van der Waals surface area contributed by atoms with Gasteiger partial charge in [-0.05, 0) is 27.7 Å². The number of oxime groups is 4. The van der Waals surface area contributed by atoms with E-state index in [0.29, 0.717) is 22.8 Å². The third-order valence-electron chi connectivity index (χ3n) is 1.65. The molecule has 0 aromatic rings. The summed E-state index contributed by atoms with van der Waals surface area (Å²) in [5, 5.41) is 43.3. The van der Waals surface area contributed by atoms with Gasteiger partial charge in [0.15, 0.2) is 0 Å². The number of nitrogens with zero attached hydrogens (tertiary/aromatic N) is 4. The molecule has 0 saturated heterocycles. The van der Waals surface area contributed by atoms with Crippen molar-refractivity contribution in [3.63, 3.8) is 0 Å². The molecule has 0 aromatic heterocycles. The molecule has 0 heterocycles. The first kappa shape index (κ1) is 30.4. The van der Waals surface area contributed by atoms with E-state index in [1.807, 2.05) is 0 Å². The average Bonchev–Trinajstić information content (AvgIpc) is 2.35. The minimum absolute atomic E-state index is 0. The van der Waals surface area contributed by atoms with Gasteiger partial charge in [0, 0.05) is 16.8 Å². The van der Waals surface area contributed by atoms with Gasteiger partial charge in [-0.1, -0.05) is 20.6 Å². The molecule has 0 atom stereocenters. The molecule has 0 aromatic carbocycles. The van der Waals surface area contributed by atoms with Crippen molar-refractivity contribution in [3.8, 4) is 0 Å². The summed E-state index contributed by atoms with van der Waals surface area (Å²) in [5.74, 6) is 0. The van der Waals surface area contributed by atoms with E-state index in [1.54, 1.807) is 0 Å². The second-order valence-corrected chi connectivity index (χ2v) is 2.74. The monoisotopic (exact) mass is 324 g/mol. The predicted molar refractivity (Wildman–Crippen MR) is 69.6 cm³/mol. The van der Waals surface area contributed by atoms with Crippen LogP contribution in [0.4, 0.5) is 0 Å². The third-order valence-corrected chi connectivity index (χ3v) is 1.65. The fraction of sp³-hybridized carbons (Fsp3) is 0.444. The van der Waals surface area contributed by atoms with Gasteiger partial charge in [0.05, 0.1) is 0 Å². The predicted octanol–water partition coefficient (Wildman–Crippen LogP) is 0.996. The molecule has 0 amide bonds. The van der Waals surface area contributed by atoms with Gasteiger partial charge >= 0.3 is 0 Å². The summed E-state index contributed by atoms with van der Waals surface area (Å²) >= 11 is 0. The molecule has 1 radical (unpaired) electrons. The molecule has 0 rings (SSSR count). The van der Waals surface area contributed by atoms with Crippen LogP contribution in [0.15, 0.2) is 20.6 Å². The minimum atomic E-state index is 0. The van der Waals surface area contributed by atoms with Crippen LogP contribution >= 0.6 is 0 Å². The third kappa shape index (κ3) is 16.3. The largest absolute Gasteiger partial charge is 0.412 e. The average molecular weight is 324 g/mol. The molecule has 0 aliphatic rings. The zero-order valence-electron chi connectivity index (χ0n) is 11.4. The first-order valence-corrected chi connectivity index (χ1v) is 4.19. The molecule has 9 nitrogen and oxygen atoms in total. The molecule has 0 saturated carbocycles. The van der Waals surface area contributed by atoms with Crippen molar-refractivity contribution in [3.05, 3.63) is 7.43 Å². The molecular formula is C9H21CoN4O5-. The molecule has 0 aliphatic carbocycles. The van der Waals surface area contributed by atoms with E-state index in [4.69, 9.17) is 20.8 Å². The van der Waals surface area contributed by atoms with Crippen LogP contribution in [-0.4, -0.2) is 49.2 Å². The van der Waals surface area contributed by atoms with Crippen molar-refractivity contribution in [1.29, 1.82) is 0 Å². The van der Waals surface area contributed by atoms with E-state index in [2.05, 4.69) is 20.6 Å².